The summed E-state index contributed by atoms with van der Waals surface area (Å²) < 4.78 is 2.17. The largest absolute Gasteiger partial charge is 0.356 e. The first-order chi connectivity index (χ1) is 13.2. The van der Waals surface area contributed by atoms with Gasteiger partial charge in [0.25, 0.3) is 0 Å². The van der Waals surface area contributed by atoms with Gasteiger partial charge in [-0.05, 0) is 36.2 Å². The normalized spacial score (nSPS) is 11.2. The second kappa shape index (κ2) is 8.97. The number of carbonyl (C=O) groups excluding carboxylic acids is 1. The SMILES string of the molecule is CC(=O)NCCCn1c(-c2ccc(C#N)cc2)csc1=Nc1ccccc1. The number of nitrogens with one attached hydrogen (secondary N) is 1. The molecular weight excluding hydrogens is 356 g/mol. The maximum Gasteiger partial charge on any atom is 0.216 e. The topological polar surface area (TPSA) is 70.2 Å². The Morgan fingerprint density at radius 1 is 1.19 bits per heavy atom. The van der Waals surface area contributed by atoms with Crippen molar-refractivity contribution in [3.05, 3.63) is 70.3 Å². The molecule has 0 saturated heterocycles. The summed E-state index contributed by atoms with van der Waals surface area (Å²) >= 11 is 1.58. The molecule has 1 aromatic heterocycles. The predicted octanol–water partition coefficient (Wildman–Crippen LogP) is 3.85. The summed E-state index contributed by atoms with van der Waals surface area (Å²) in [4.78, 5) is 16.8. The number of rotatable bonds is 6. The van der Waals surface area contributed by atoms with E-state index >= 15 is 0 Å². The second-order valence-electron chi connectivity index (χ2n) is 6.03. The summed E-state index contributed by atoms with van der Waals surface area (Å²) in [5.74, 6) is -0.0215. The van der Waals surface area contributed by atoms with Crippen LogP contribution >= 0.6 is 11.3 Å². The van der Waals surface area contributed by atoms with E-state index < -0.39 is 0 Å². The Bertz CT molecular complexity index is 1010. The Hall–Kier alpha value is -3.17. The van der Waals surface area contributed by atoms with Crippen LogP contribution in [-0.2, 0) is 11.3 Å². The van der Waals surface area contributed by atoms with E-state index in [4.69, 9.17) is 10.3 Å². The van der Waals surface area contributed by atoms with Crippen LogP contribution in [0, 0.1) is 11.3 Å². The molecule has 136 valence electrons. The predicted molar refractivity (Wildman–Crippen MR) is 107 cm³/mol. The van der Waals surface area contributed by atoms with E-state index in [0.29, 0.717) is 12.1 Å². The van der Waals surface area contributed by atoms with Crippen LogP contribution in [0.25, 0.3) is 11.3 Å². The fourth-order valence-corrected chi connectivity index (χ4v) is 3.65. The van der Waals surface area contributed by atoms with Crippen molar-refractivity contribution in [1.29, 1.82) is 5.26 Å². The zero-order valence-corrected chi connectivity index (χ0v) is 15.9. The Labute approximate surface area is 162 Å². The smallest absolute Gasteiger partial charge is 0.216 e. The third-order valence-electron chi connectivity index (χ3n) is 4.02. The number of para-hydroxylation sites is 1. The Morgan fingerprint density at radius 2 is 1.93 bits per heavy atom. The third kappa shape index (κ3) is 4.93. The Morgan fingerprint density at radius 3 is 2.59 bits per heavy atom. The molecule has 27 heavy (non-hydrogen) atoms. The lowest BCUT2D eigenvalue weighted by atomic mass is 10.1. The molecule has 0 radical (unpaired) electrons. The van der Waals surface area contributed by atoms with Gasteiger partial charge in [-0.2, -0.15) is 5.26 Å². The highest BCUT2D eigenvalue weighted by molar-refractivity contribution is 7.07. The number of thiazole rings is 1. The molecule has 0 aliphatic heterocycles. The van der Waals surface area contributed by atoms with Gasteiger partial charge in [-0.1, -0.05) is 30.3 Å². The fraction of sp³-hybridized carbons (Fsp3) is 0.190. The van der Waals surface area contributed by atoms with Crippen LogP contribution in [0.5, 0.6) is 0 Å². The van der Waals surface area contributed by atoms with Gasteiger partial charge in [0, 0.05) is 25.4 Å². The van der Waals surface area contributed by atoms with Gasteiger partial charge in [-0.3, -0.25) is 4.79 Å². The van der Waals surface area contributed by atoms with Crippen LogP contribution in [-0.4, -0.2) is 17.0 Å². The van der Waals surface area contributed by atoms with Crippen LogP contribution in [0.3, 0.4) is 0 Å². The maximum absolute atomic E-state index is 11.1. The zero-order chi connectivity index (χ0) is 19.1. The molecule has 1 heterocycles. The highest BCUT2D eigenvalue weighted by Gasteiger charge is 2.08. The molecule has 6 heteroatoms. The molecule has 0 unspecified atom stereocenters. The van der Waals surface area contributed by atoms with Gasteiger partial charge < -0.3 is 9.88 Å². The van der Waals surface area contributed by atoms with E-state index in [-0.39, 0.29) is 5.91 Å². The van der Waals surface area contributed by atoms with Crippen molar-refractivity contribution in [2.45, 2.75) is 19.9 Å². The quantitative estimate of drug-likeness (QED) is 0.664. The van der Waals surface area contributed by atoms with Crippen molar-refractivity contribution < 1.29 is 4.79 Å². The number of carbonyl (C=O) groups is 1. The molecular formula is C21H20N4OS. The summed E-state index contributed by atoms with van der Waals surface area (Å²) in [6, 6.07) is 19.6. The second-order valence-corrected chi connectivity index (χ2v) is 6.86. The zero-order valence-electron chi connectivity index (χ0n) is 15.1. The van der Waals surface area contributed by atoms with Crippen molar-refractivity contribution in [2.24, 2.45) is 4.99 Å². The van der Waals surface area contributed by atoms with E-state index in [2.05, 4.69) is 21.3 Å². The van der Waals surface area contributed by atoms with Gasteiger partial charge in [-0.25, -0.2) is 4.99 Å². The van der Waals surface area contributed by atoms with E-state index in [1.807, 2.05) is 54.6 Å². The van der Waals surface area contributed by atoms with Crippen LogP contribution in [0.4, 0.5) is 5.69 Å². The summed E-state index contributed by atoms with van der Waals surface area (Å²) in [5.41, 5.74) is 3.64. The van der Waals surface area contributed by atoms with E-state index in [1.165, 1.54) is 6.92 Å². The fourth-order valence-electron chi connectivity index (χ4n) is 2.70. The van der Waals surface area contributed by atoms with Crippen LogP contribution < -0.4 is 10.1 Å². The van der Waals surface area contributed by atoms with E-state index in [9.17, 15) is 4.79 Å². The first-order valence-electron chi connectivity index (χ1n) is 8.70. The first-order valence-corrected chi connectivity index (χ1v) is 9.58. The molecule has 0 spiro atoms. The standard InChI is InChI=1S/C21H20N4OS/c1-16(26)23-12-5-13-25-20(18-10-8-17(14-22)9-11-18)15-27-21(25)24-19-6-3-2-4-7-19/h2-4,6-11,15H,5,12-13H2,1H3,(H,23,26). The molecule has 1 N–H and O–H groups in total. The third-order valence-corrected chi connectivity index (χ3v) is 4.88. The highest BCUT2D eigenvalue weighted by Crippen LogP contribution is 2.21. The molecule has 5 nitrogen and oxygen atoms in total. The molecule has 0 fully saturated rings. The maximum atomic E-state index is 11.1. The molecule has 1 amide bonds. The van der Waals surface area contributed by atoms with Gasteiger partial charge in [0.1, 0.15) is 0 Å². The van der Waals surface area contributed by atoms with E-state index in [0.717, 1.165) is 34.7 Å². The first kappa shape index (κ1) is 18.6. The molecule has 2 aromatic carbocycles. The lowest BCUT2D eigenvalue weighted by molar-refractivity contribution is -0.118. The van der Waals surface area contributed by atoms with Crippen molar-refractivity contribution in [3.8, 4) is 17.3 Å². The summed E-state index contributed by atoms with van der Waals surface area (Å²) in [7, 11) is 0. The van der Waals surface area contributed by atoms with Gasteiger partial charge >= 0.3 is 0 Å². The van der Waals surface area contributed by atoms with Crippen molar-refractivity contribution in [1.82, 2.24) is 9.88 Å². The van der Waals surface area contributed by atoms with Crippen LogP contribution in [0.15, 0.2) is 65.0 Å². The summed E-state index contributed by atoms with van der Waals surface area (Å²) in [6.07, 6.45) is 0.807. The summed E-state index contributed by atoms with van der Waals surface area (Å²) in [5, 5.41) is 13.9. The molecule has 0 atom stereocenters. The molecule has 0 aliphatic carbocycles. The van der Waals surface area contributed by atoms with Gasteiger partial charge in [0.05, 0.1) is 23.0 Å². The van der Waals surface area contributed by atoms with Crippen molar-refractivity contribution >= 4 is 22.9 Å². The molecule has 0 bridgehead atoms. The van der Waals surface area contributed by atoms with Crippen molar-refractivity contribution in [3.63, 3.8) is 0 Å². The Balaban J connectivity index is 1.96. The van der Waals surface area contributed by atoms with Crippen LogP contribution in [0.1, 0.15) is 18.9 Å². The molecule has 0 aliphatic rings. The number of nitriles is 1. The monoisotopic (exact) mass is 376 g/mol. The van der Waals surface area contributed by atoms with Gasteiger partial charge in [0.15, 0.2) is 4.80 Å². The average molecular weight is 376 g/mol. The average Bonchev–Trinajstić information content (AvgIpc) is 3.08. The number of hydrogen-bond donors (Lipinski definition) is 1. The number of nitrogens with zero attached hydrogens (tertiary/aromatic N) is 3. The minimum atomic E-state index is -0.0215. The van der Waals surface area contributed by atoms with Gasteiger partial charge in [0.2, 0.25) is 5.91 Å². The van der Waals surface area contributed by atoms with E-state index in [1.54, 1.807) is 11.3 Å². The van der Waals surface area contributed by atoms with Crippen LogP contribution in [0.2, 0.25) is 0 Å². The minimum absolute atomic E-state index is 0.0215. The van der Waals surface area contributed by atoms with Gasteiger partial charge in [-0.15, -0.1) is 11.3 Å². The molecule has 3 aromatic rings. The number of amides is 1. The lowest BCUT2D eigenvalue weighted by Gasteiger charge is -2.10. The molecule has 0 saturated carbocycles. The number of benzene rings is 2. The minimum Gasteiger partial charge on any atom is -0.356 e. The number of hydrogen-bond acceptors (Lipinski definition) is 4. The summed E-state index contributed by atoms with van der Waals surface area (Å²) in [6.45, 7) is 2.89. The molecule has 3 rings (SSSR count). The van der Waals surface area contributed by atoms with Crippen molar-refractivity contribution in [2.75, 3.05) is 6.54 Å². The Kier molecular flexibility index (Phi) is 6.18. The number of aromatic nitrogens is 1. The lowest BCUT2D eigenvalue weighted by Crippen LogP contribution is -2.24. The highest BCUT2D eigenvalue weighted by atomic mass is 32.1.